The molecule has 0 saturated carbocycles. The van der Waals surface area contributed by atoms with Crippen LogP contribution in [0.25, 0.3) is 0 Å². The van der Waals surface area contributed by atoms with Crippen LogP contribution in [0.15, 0.2) is 29.2 Å². The van der Waals surface area contributed by atoms with Gasteiger partial charge in [0.1, 0.15) is 5.75 Å². The third kappa shape index (κ3) is 4.43. The summed E-state index contributed by atoms with van der Waals surface area (Å²) in [4.78, 5) is 16.1. The molecule has 5 nitrogen and oxygen atoms in total. The van der Waals surface area contributed by atoms with E-state index in [0.29, 0.717) is 18.1 Å². The maximum absolute atomic E-state index is 12.2. The highest BCUT2D eigenvalue weighted by atomic mass is 35.5. The molecule has 0 N–H and O–H groups in total. The summed E-state index contributed by atoms with van der Waals surface area (Å²) in [5.74, 6) is -0.821. The van der Waals surface area contributed by atoms with E-state index in [1.165, 1.54) is 24.3 Å². The van der Waals surface area contributed by atoms with Crippen LogP contribution in [0.1, 0.15) is 6.42 Å². The third-order valence-electron chi connectivity index (χ3n) is 3.56. The van der Waals surface area contributed by atoms with Gasteiger partial charge in [0.25, 0.3) is 0 Å². The van der Waals surface area contributed by atoms with Gasteiger partial charge >= 0.3 is 0 Å². The average molecular weight is 331 g/mol. The Hall–Kier alpha value is -1.11. The van der Waals surface area contributed by atoms with E-state index in [1.807, 2.05) is 7.05 Å². The fraction of sp³-hybridized carbons (Fsp3) is 0.500. The Kier molecular flexibility index (Phi) is 5.24. The number of likely N-dealkylation sites (N-methyl/N-ethyl adjacent to an activating group) is 1. The van der Waals surface area contributed by atoms with Gasteiger partial charge in [-0.2, -0.15) is 0 Å². The van der Waals surface area contributed by atoms with Gasteiger partial charge in [0.05, 0.1) is 4.90 Å². The minimum atomic E-state index is -3.61. The van der Waals surface area contributed by atoms with Gasteiger partial charge in [-0.15, -0.1) is 0 Å². The fourth-order valence-corrected chi connectivity index (χ4v) is 3.63. The monoisotopic (exact) mass is 330 g/mol. The van der Waals surface area contributed by atoms with E-state index in [1.54, 1.807) is 4.90 Å². The molecule has 0 aliphatic carbocycles. The number of halogens is 1. The summed E-state index contributed by atoms with van der Waals surface area (Å²) in [6.45, 7) is 2.88. The number of amides is 1. The second-order valence-corrected chi connectivity index (χ2v) is 7.68. The van der Waals surface area contributed by atoms with Gasteiger partial charge in [0.15, 0.2) is 9.84 Å². The van der Waals surface area contributed by atoms with Crippen LogP contribution in [0.4, 0.5) is 0 Å². The highest BCUT2D eigenvalue weighted by molar-refractivity contribution is 7.92. The molecule has 0 spiro atoms. The maximum Gasteiger partial charge on any atom is 0.238 e. The summed E-state index contributed by atoms with van der Waals surface area (Å²) in [6, 6.07) is 5.89. The first kappa shape index (κ1) is 16.3. The normalized spacial score (nSPS) is 17.5. The lowest BCUT2D eigenvalue weighted by molar-refractivity contribution is -0.128. The number of benzene rings is 1. The van der Waals surface area contributed by atoms with Gasteiger partial charge in [0.2, 0.25) is 5.91 Å². The van der Waals surface area contributed by atoms with Gasteiger partial charge in [0, 0.05) is 24.7 Å². The van der Waals surface area contributed by atoms with Crippen LogP contribution in [-0.2, 0) is 14.6 Å². The van der Waals surface area contributed by atoms with Crippen LogP contribution >= 0.6 is 11.6 Å². The molecule has 1 aliphatic heterocycles. The molecule has 7 heteroatoms. The van der Waals surface area contributed by atoms with Crippen LogP contribution in [0, 0.1) is 0 Å². The molecule has 1 aliphatic rings. The quantitative estimate of drug-likeness (QED) is 0.837. The molecule has 0 radical (unpaired) electrons. The van der Waals surface area contributed by atoms with Crippen LogP contribution in [0.2, 0.25) is 5.02 Å². The standard InChI is InChI=1S/C14H19ClN2O3S/c1-16-7-2-8-17(10-9-16)14(18)11-21(19,20)13-5-3-12(15)4-6-13/h3-6H,2,7-11H2,1H3. The minimum absolute atomic E-state index is 0.132. The van der Waals surface area contributed by atoms with Crippen LogP contribution in [0.3, 0.4) is 0 Å². The van der Waals surface area contributed by atoms with Crippen molar-refractivity contribution in [3.05, 3.63) is 29.3 Å². The average Bonchev–Trinajstić information content (AvgIpc) is 2.63. The van der Waals surface area contributed by atoms with Gasteiger partial charge in [-0.1, -0.05) is 11.6 Å². The maximum atomic E-state index is 12.2. The zero-order valence-electron chi connectivity index (χ0n) is 12.0. The molecule has 1 heterocycles. The van der Waals surface area contributed by atoms with Crippen molar-refractivity contribution in [2.24, 2.45) is 0 Å². The predicted molar refractivity (Wildman–Crippen MR) is 82.2 cm³/mol. The Bertz CT molecular complexity index is 601. The lowest BCUT2D eigenvalue weighted by Gasteiger charge is -2.20. The minimum Gasteiger partial charge on any atom is -0.340 e. The van der Waals surface area contributed by atoms with Crippen LogP contribution in [0.5, 0.6) is 0 Å². The number of hydrogen-bond acceptors (Lipinski definition) is 4. The molecule has 0 atom stereocenters. The summed E-state index contributed by atoms with van der Waals surface area (Å²) >= 11 is 5.75. The Labute approximate surface area is 130 Å². The van der Waals surface area contributed by atoms with Crippen molar-refractivity contribution in [1.29, 1.82) is 0 Å². The van der Waals surface area contributed by atoms with E-state index in [2.05, 4.69) is 4.90 Å². The summed E-state index contributed by atoms with van der Waals surface area (Å²) in [5, 5.41) is 0.468. The van der Waals surface area contributed by atoms with E-state index in [4.69, 9.17) is 11.6 Å². The molecule has 2 rings (SSSR count). The lowest BCUT2D eigenvalue weighted by Crippen LogP contribution is -2.38. The van der Waals surface area contributed by atoms with E-state index >= 15 is 0 Å². The topological polar surface area (TPSA) is 57.7 Å². The summed E-state index contributed by atoms with van der Waals surface area (Å²) in [7, 11) is -1.62. The van der Waals surface area contributed by atoms with Crippen molar-refractivity contribution in [2.45, 2.75) is 11.3 Å². The van der Waals surface area contributed by atoms with E-state index in [-0.39, 0.29) is 10.8 Å². The van der Waals surface area contributed by atoms with Crippen LogP contribution in [-0.4, -0.2) is 63.1 Å². The zero-order valence-corrected chi connectivity index (χ0v) is 13.5. The summed E-state index contributed by atoms with van der Waals surface area (Å²) in [6.07, 6.45) is 0.864. The molecule has 0 bridgehead atoms. The highest BCUT2D eigenvalue weighted by Gasteiger charge is 2.24. The lowest BCUT2D eigenvalue weighted by atomic mass is 10.4. The Morgan fingerprint density at radius 1 is 1.14 bits per heavy atom. The molecular weight excluding hydrogens is 312 g/mol. The van der Waals surface area contributed by atoms with Crippen molar-refractivity contribution in [1.82, 2.24) is 9.80 Å². The highest BCUT2D eigenvalue weighted by Crippen LogP contribution is 2.16. The van der Waals surface area contributed by atoms with Crippen molar-refractivity contribution < 1.29 is 13.2 Å². The van der Waals surface area contributed by atoms with Crippen LogP contribution < -0.4 is 0 Å². The molecule has 21 heavy (non-hydrogen) atoms. The van der Waals surface area contributed by atoms with Crippen molar-refractivity contribution in [3.8, 4) is 0 Å². The predicted octanol–water partition coefficient (Wildman–Crippen LogP) is 1.28. The number of nitrogens with zero attached hydrogens (tertiary/aromatic N) is 2. The molecule has 0 unspecified atom stereocenters. The molecular formula is C14H19ClN2O3S. The van der Waals surface area contributed by atoms with Crippen molar-refractivity contribution in [2.75, 3.05) is 39.0 Å². The largest absolute Gasteiger partial charge is 0.340 e. The van der Waals surface area contributed by atoms with E-state index in [9.17, 15) is 13.2 Å². The fourth-order valence-electron chi connectivity index (χ4n) is 2.28. The van der Waals surface area contributed by atoms with Gasteiger partial charge < -0.3 is 9.80 Å². The molecule has 1 aromatic carbocycles. The first-order valence-corrected chi connectivity index (χ1v) is 8.86. The molecule has 1 aromatic rings. The number of hydrogen-bond donors (Lipinski definition) is 0. The summed E-state index contributed by atoms with van der Waals surface area (Å²) < 4.78 is 24.5. The first-order valence-electron chi connectivity index (χ1n) is 6.83. The smallest absolute Gasteiger partial charge is 0.238 e. The number of rotatable bonds is 3. The Balaban J connectivity index is 2.05. The number of carbonyl (C=O) groups excluding carboxylic acids is 1. The van der Waals surface area contributed by atoms with Crippen molar-refractivity contribution in [3.63, 3.8) is 0 Å². The second-order valence-electron chi connectivity index (χ2n) is 5.25. The Morgan fingerprint density at radius 3 is 2.48 bits per heavy atom. The first-order chi connectivity index (χ1) is 9.88. The summed E-state index contributed by atoms with van der Waals surface area (Å²) in [5.41, 5.74) is 0. The Morgan fingerprint density at radius 2 is 1.81 bits per heavy atom. The zero-order chi connectivity index (χ0) is 15.5. The SMILES string of the molecule is CN1CCCN(C(=O)CS(=O)(=O)c2ccc(Cl)cc2)CC1. The second kappa shape index (κ2) is 6.77. The molecule has 1 saturated heterocycles. The molecule has 1 amide bonds. The van der Waals surface area contributed by atoms with Gasteiger partial charge in [-0.25, -0.2) is 8.42 Å². The molecule has 1 fully saturated rings. The molecule has 116 valence electrons. The number of sulfone groups is 1. The van der Waals surface area contributed by atoms with Gasteiger partial charge in [-0.3, -0.25) is 4.79 Å². The van der Waals surface area contributed by atoms with Crippen molar-refractivity contribution >= 4 is 27.3 Å². The molecule has 0 aromatic heterocycles. The third-order valence-corrected chi connectivity index (χ3v) is 5.43. The number of carbonyl (C=O) groups is 1. The van der Waals surface area contributed by atoms with Gasteiger partial charge in [-0.05, 0) is 44.3 Å². The van der Waals surface area contributed by atoms with E-state index in [0.717, 1.165) is 19.5 Å². The van der Waals surface area contributed by atoms with E-state index < -0.39 is 15.6 Å².